The fraction of sp³-hybridized carbons (Fsp3) is 0.417. The summed E-state index contributed by atoms with van der Waals surface area (Å²) in [5.74, 6) is -0.423. The van der Waals surface area contributed by atoms with Crippen molar-refractivity contribution in [2.24, 2.45) is 5.41 Å². The first-order valence-electron chi connectivity index (χ1n) is 10.4. The quantitative estimate of drug-likeness (QED) is 0.370. The standard InChI is InChI=1S/C24H32N2O2/c1-3-5-13-19-24(18-6-4-2,22(27)25-20-14-9-7-10-15-20)23(28)26-21-16-11-8-12-17-21/h7-12,14-17H,3-6,13,18-19H2,1-2H3,(H,25,27)(H,26,28). The summed E-state index contributed by atoms with van der Waals surface area (Å²) in [7, 11) is 0. The second-order valence-electron chi connectivity index (χ2n) is 7.28. The molecule has 0 unspecified atom stereocenters. The molecule has 0 aromatic heterocycles. The second kappa shape index (κ2) is 11.3. The van der Waals surface area contributed by atoms with Crippen LogP contribution in [0.3, 0.4) is 0 Å². The van der Waals surface area contributed by atoms with Crippen molar-refractivity contribution in [3.05, 3.63) is 60.7 Å². The molecule has 150 valence electrons. The zero-order chi connectivity index (χ0) is 20.2. The van der Waals surface area contributed by atoms with Gasteiger partial charge in [0.1, 0.15) is 5.41 Å². The number of para-hydroxylation sites is 2. The minimum atomic E-state index is -1.07. The van der Waals surface area contributed by atoms with E-state index in [-0.39, 0.29) is 11.8 Å². The number of carbonyl (C=O) groups excluding carboxylic acids is 2. The maximum absolute atomic E-state index is 13.4. The number of unbranched alkanes of at least 4 members (excludes halogenated alkanes) is 3. The van der Waals surface area contributed by atoms with Crippen molar-refractivity contribution in [2.75, 3.05) is 10.6 Å². The van der Waals surface area contributed by atoms with Gasteiger partial charge >= 0.3 is 0 Å². The highest BCUT2D eigenvalue weighted by molar-refractivity contribution is 6.14. The van der Waals surface area contributed by atoms with Crippen LogP contribution >= 0.6 is 0 Å². The number of hydrogen-bond donors (Lipinski definition) is 2. The first-order valence-corrected chi connectivity index (χ1v) is 10.4. The van der Waals surface area contributed by atoms with E-state index in [1.54, 1.807) is 0 Å². The van der Waals surface area contributed by atoms with Crippen LogP contribution in [0, 0.1) is 5.41 Å². The molecule has 0 aliphatic rings. The Hall–Kier alpha value is -2.62. The van der Waals surface area contributed by atoms with Gasteiger partial charge in [0, 0.05) is 11.4 Å². The Kier molecular flexibility index (Phi) is 8.73. The van der Waals surface area contributed by atoms with E-state index in [4.69, 9.17) is 0 Å². The zero-order valence-electron chi connectivity index (χ0n) is 17.0. The van der Waals surface area contributed by atoms with Gasteiger partial charge in [-0.1, -0.05) is 82.3 Å². The number of carbonyl (C=O) groups is 2. The predicted molar refractivity (Wildman–Crippen MR) is 116 cm³/mol. The fourth-order valence-corrected chi connectivity index (χ4v) is 3.38. The topological polar surface area (TPSA) is 58.2 Å². The Bertz CT molecular complexity index is 675. The summed E-state index contributed by atoms with van der Waals surface area (Å²) in [6.45, 7) is 4.21. The SMILES string of the molecule is CCCCCC(CCCC)(C(=O)Nc1ccccc1)C(=O)Nc1ccccc1. The van der Waals surface area contributed by atoms with Gasteiger partial charge in [-0.2, -0.15) is 0 Å². The van der Waals surface area contributed by atoms with Gasteiger partial charge in [0.15, 0.2) is 0 Å². The van der Waals surface area contributed by atoms with Gasteiger partial charge in [-0.15, -0.1) is 0 Å². The van der Waals surface area contributed by atoms with Crippen LogP contribution in [0.25, 0.3) is 0 Å². The highest BCUT2D eigenvalue weighted by Gasteiger charge is 2.44. The maximum Gasteiger partial charge on any atom is 0.240 e. The molecule has 0 saturated carbocycles. The summed E-state index contributed by atoms with van der Waals surface area (Å²) in [5.41, 5.74) is 0.365. The van der Waals surface area contributed by atoms with Gasteiger partial charge in [-0.05, 0) is 37.1 Å². The number of anilines is 2. The molecule has 0 radical (unpaired) electrons. The average Bonchev–Trinajstić information content (AvgIpc) is 2.72. The Morgan fingerprint density at radius 2 is 1.11 bits per heavy atom. The molecule has 2 aromatic rings. The molecule has 4 heteroatoms. The van der Waals surface area contributed by atoms with Gasteiger partial charge in [-0.25, -0.2) is 0 Å². The van der Waals surface area contributed by atoms with E-state index in [0.29, 0.717) is 12.8 Å². The van der Waals surface area contributed by atoms with Crippen molar-refractivity contribution in [1.29, 1.82) is 0 Å². The van der Waals surface area contributed by atoms with E-state index >= 15 is 0 Å². The summed E-state index contributed by atoms with van der Waals surface area (Å²) in [5, 5.41) is 5.97. The van der Waals surface area contributed by atoms with Crippen molar-refractivity contribution >= 4 is 23.2 Å². The molecule has 0 aliphatic heterocycles. The van der Waals surface area contributed by atoms with Crippen LogP contribution in [0.2, 0.25) is 0 Å². The minimum Gasteiger partial charge on any atom is -0.325 e. The van der Waals surface area contributed by atoms with Gasteiger partial charge in [0.05, 0.1) is 0 Å². The van der Waals surface area contributed by atoms with Crippen molar-refractivity contribution in [2.45, 2.75) is 58.8 Å². The molecule has 0 aliphatic carbocycles. The van der Waals surface area contributed by atoms with Crippen molar-refractivity contribution in [3.8, 4) is 0 Å². The molecular weight excluding hydrogens is 348 g/mol. The molecule has 2 rings (SSSR count). The van der Waals surface area contributed by atoms with E-state index in [2.05, 4.69) is 24.5 Å². The molecule has 0 saturated heterocycles. The van der Waals surface area contributed by atoms with Crippen LogP contribution in [-0.2, 0) is 9.59 Å². The summed E-state index contributed by atoms with van der Waals surface area (Å²) >= 11 is 0. The van der Waals surface area contributed by atoms with Crippen molar-refractivity contribution in [3.63, 3.8) is 0 Å². The van der Waals surface area contributed by atoms with Gasteiger partial charge in [0.2, 0.25) is 11.8 Å². The normalized spacial score (nSPS) is 11.1. The Morgan fingerprint density at radius 3 is 1.54 bits per heavy atom. The molecule has 0 heterocycles. The summed E-state index contributed by atoms with van der Waals surface area (Å²) < 4.78 is 0. The van der Waals surface area contributed by atoms with Crippen LogP contribution in [-0.4, -0.2) is 11.8 Å². The predicted octanol–water partition coefficient (Wildman–Crippen LogP) is 6.02. The number of nitrogens with one attached hydrogen (secondary N) is 2. The second-order valence-corrected chi connectivity index (χ2v) is 7.28. The van der Waals surface area contributed by atoms with E-state index < -0.39 is 5.41 Å². The summed E-state index contributed by atoms with van der Waals surface area (Å²) in [4.78, 5) is 26.8. The molecule has 4 nitrogen and oxygen atoms in total. The van der Waals surface area contributed by atoms with Crippen LogP contribution in [0.5, 0.6) is 0 Å². The largest absolute Gasteiger partial charge is 0.325 e. The van der Waals surface area contributed by atoms with E-state index in [0.717, 1.165) is 43.5 Å². The minimum absolute atomic E-state index is 0.211. The molecule has 0 bridgehead atoms. The molecule has 2 aromatic carbocycles. The van der Waals surface area contributed by atoms with Crippen LogP contribution < -0.4 is 10.6 Å². The molecular formula is C24H32N2O2. The van der Waals surface area contributed by atoms with Gasteiger partial charge < -0.3 is 10.6 Å². The van der Waals surface area contributed by atoms with E-state index in [1.165, 1.54) is 0 Å². The molecule has 0 spiro atoms. The van der Waals surface area contributed by atoms with E-state index in [9.17, 15) is 9.59 Å². The average molecular weight is 381 g/mol. The Balaban J connectivity index is 2.31. The lowest BCUT2D eigenvalue weighted by Crippen LogP contribution is -2.46. The lowest BCUT2D eigenvalue weighted by atomic mass is 9.76. The molecule has 0 fully saturated rings. The van der Waals surface area contributed by atoms with Crippen molar-refractivity contribution < 1.29 is 9.59 Å². The van der Waals surface area contributed by atoms with Crippen LogP contribution in [0.1, 0.15) is 58.8 Å². The highest BCUT2D eigenvalue weighted by atomic mass is 16.2. The molecule has 28 heavy (non-hydrogen) atoms. The van der Waals surface area contributed by atoms with Crippen LogP contribution in [0.15, 0.2) is 60.7 Å². The first-order chi connectivity index (χ1) is 13.6. The number of amides is 2. The third-order valence-corrected chi connectivity index (χ3v) is 5.10. The maximum atomic E-state index is 13.4. The number of benzene rings is 2. The monoisotopic (exact) mass is 380 g/mol. The zero-order valence-corrected chi connectivity index (χ0v) is 17.0. The number of hydrogen-bond acceptors (Lipinski definition) is 2. The third-order valence-electron chi connectivity index (χ3n) is 5.10. The van der Waals surface area contributed by atoms with Crippen LogP contribution in [0.4, 0.5) is 11.4 Å². The summed E-state index contributed by atoms with van der Waals surface area (Å²) in [6.07, 6.45) is 5.77. The van der Waals surface area contributed by atoms with Gasteiger partial charge in [-0.3, -0.25) is 9.59 Å². The highest BCUT2D eigenvalue weighted by Crippen LogP contribution is 2.35. The summed E-state index contributed by atoms with van der Waals surface area (Å²) in [6, 6.07) is 18.7. The van der Waals surface area contributed by atoms with Gasteiger partial charge in [0.25, 0.3) is 0 Å². The molecule has 2 amide bonds. The van der Waals surface area contributed by atoms with Crippen molar-refractivity contribution in [1.82, 2.24) is 0 Å². The Morgan fingerprint density at radius 1 is 0.679 bits per heavy atom. The van der Waals surface area contributed by atoms with E-state index in [1.807, 2.05) is 60.7 Å². The Labute approximate surface area is 168 Å². The fourth-order valence-electron chi connectivity index (χ4n) is 3.38. The molecule has 2 N–H and O–H groups in total. The third kappa shape index (κ3) is 5.95. The lowest BCUT2D eigenvalue weighted by molar-refractivity contribution is -0.138. The smallest absolute Gasteiger partial charge is 0.240 e. The lowest BCUT2D eigenvalue weighted by Gasteiger charge is -2.31. The first kappa shape index (κ1) is 21.7. The number of rotatable bonds is 11. The molecule has 0 atom stereocenters.